The maximum atomic E-state index is 12.7. The highest BCUT2D eigenvalue weighted by atomic mass is 16.5. The van der Waals surface area contributed by atoms with Crippen molar-refractivity contribution in [3.05, 3.63) is 0 Å². The normalized spacial score (nSPS) is 20.5. The molecule has 2 aliphatic rings. The van der Waals surface area contributed by atoms with Crippen molar-refractivity contribution in [2.24, 2.45) is 0 Å². The molecular formula is C15H25N3O4. The van der Waals surface area contributed by atoms with E-state index in [2.05, 4.69) is 0 Å². The zero-order valence-electron chi connectivity index (χ0n) is 13.4. The first-order valence-electron chi connectivity index (χ1n) is 7.93. The fraction of sp³-hybridized carbons (Fsp3) is 0.800. The van der Waals surface area contributed by atoms with Crippen LogP contribution in [-0.2, 0) is 19.1 Å². The number of nitrogens with zero attached hydrogens (tertiary/aromatic N) is 3. The fourth-order valence-electron chi connectivity index (χ4n) is 3.13. The molecule has 1 unspecified atom stereocenters. The molecule has 7 heteroatoms. The van der Waals surface area contributed by atoms with Crippen molar-refractivity contribution < 1.29 is 19.1 Å². The van der Waals surface area contributed by atoms with Crippen molar-refractivity contribution in [1.29, 1.82) is 0 Å². The zero-order valence-corrected chi connectivity index (χ0v) is 13.4. The predicted molar refractivity (Wildman–Crippen MR) is 80.1 cm³/mol. The van der Waals surface area contributed by atoms with Crippen molar-refractivity contribution >= 4 is 17.7 Å². The molecule has 0 saturated carbocycles. The van der Waals surface area contributed by atoms with Crippen LogP contribution in [0.2, 0.25) is 0 Å². The van der Waals surface area contributed by atoms with Crippen LogP contribution in [0.4, 0.5) is 0 Å². The van der Waals surface area contributed by atoms with E-state index in [1.807, 2.05) is 6.92 Å². The van der Waals surface area contributed by atoms with Gasteiger partial charge in [-0.1, -0.05) is 6.92 Å². The summed E-state index contributed by atoms with van der Waals surface area (Å²) in [6.07, 6.45) is 2.01. The molecule has 0 N–H and O–H groups in total. The van der Waals surface area contributed by atoms with Crippen LogP contribution in [0.5, 0.6) is 0 Å². The lowest BCUT2D eigenvalue weighted by Gasteiger charge is -2.38. The number of ether oxygens (including phenoxy) is 1. The maximum Gasteiger partial charge on any atom is 0.248 e. The molecule has 0 aromatic heterocycles. The van der Waals surface area contributed by atoms with Gasteiger partial charge in [0.1, 0.15) is 12.6 Å². The Morgan fingerprint density at radius 2 is 1.77 bits per heavy atom. The third-order valence-corrected chi connectivity index (χ3v) is 4.37. The molecule has 2 saturated heterocycles. The Morgan fingerprint density at radius 3 is 2.27 bits per heavy atom. The molecule has 2 heterocycles. The number of rotatable bonds is 5. The molecule has 0 radical (unpaired) electrons. The average Bonchev–Trinajstić information content (AvgIpc) is 2.94. The quantitative estimate of drug-likeness (QED) is 0.699. The Hall–Kier alpha value is -1.63. The van der Waals surface area contributed by atoms with Gasteiger partial charge in [0.15, 0.2) is 0 Å². The highest BCUT2D eigenvalue weighted by molar-refractivity contribution is 5.88. The number of hydrogen-bond donors (Lipinski definition) is 0. The number of hydrogen-bond acceptors (Lipinski definition) is 4. The SMILES string of the molecule is CCC(C(=O)N1CCN(C(=O)COC)CC1)N1CCCC1=O. The Balaban J connectivity index is 1.90. The van der Waals surface area contributed by atoms with Crippen LogP contribution in [0.1, 0.15) is 26.2 Å². The number of piperazine rings is 1. The third-order valence-electron chi connectivity index (χ3n) is 4.37. The summed E-state index contributed by atoms with van der Waals surface area (Å²) in [5.41, 5.74) is 0. The van der Waals surface area contributed by atoms with Crippen molar-refractivity contribution in [3.63, 3.8) is 0 Å². The second-order valence-corrected chi connectivity index (χ2v) is 5.75. The van der Waals surface area contributed by atoms with E-state index in [1.54, 1.807) is 14.7 Å². The molecule has 0 aromatic carbocycles. The molecule has 2 fully saturated rings. The summed E-state index contributed by atoms with van der Waals surface area (Å²) in [7, 11) is 1.50. The monoisotopic (exact) mass is 311 g/mol. The maximum absolute atomic E-state index is 12.7. The molecule has 1 atom stereocenters. The first kappa shape index (κ1) is 16.7. The summed E-state index contributed by atoms with van der Waals surface area (Å²) in [6, 6.07) is -0.351. The van der Waals surface area contributed by atoms with Crippen LogP contribution in [0.3, 0.4) is 0 Å². The van der Waals surface area contributed by atoms with Crippen molar-refractivity contribution in [2.45, 2.75) is 32.2 Å². The number of likely N-dealkylation sites (tertiary alicyclic amines) is 1. The lowest BCUT2D eigenvalue weighted by Crippen LogP contribution is -2.56. The minimum Gasteiger partial charge on any atom is -0.375 e. The van der Waals surface area contributed by atoms with E-state index < -0.39 is 0 Å². The number of amides is 3. The van der Waals surface area contributed by atoms with Crippen LogP contribution in [-0.4, -0.2) is 84.9 Å². The van der Waals surface area contributed by atoms with E-state index in [1.165, 1.54) is 7.11 Å². The van der Waals surface area contributed by atoms with Gasteiger partial charge >= 0.3 is 0 Å². The average molecular weight is 311 g/mol. The summed E-state index contributed by atoms with van der Waals surface area (Å²) in [5.74, 6) is 0.0436. The number of carbonyl (C=O) groups is 3. The fourth-order valence-corrected chi connectivity index (χ4v) is 3.13. The van der Waals surface area contributed by atoms with Gasteiger partial charge in [-0.3, -0.25) is 14.4 Å². The second kappa shape index (κ2) is 7.58. The van der Waals surface area contributed by atoms with Gasteiger partial charge in [-0.2, -0.15) is 0 Å². The summed E-state index contributed by atoms with van der Waals surface area (Å²) in [4.78, 5) is 41.5. The summed E-state index contributed by atoms with van der Waals surface area (Å²) in [6.45, 7) is 4.78. The van der Waals surface area contributed by atoms with Crippen LogP contribution < -0.4 is 0 Å². The molecular weight excluding hydrogens is 286 g/mol. The molecule has 0 aliphatic carbocycles. The third kappa shape index (κ3) is 3.58. The standard InChI is InChI=1S/C15H25N3O4/c1-3-12(18-6-4-5-13(18)19)15(21)17-9-7-16(8-10-17)14(20)11-22-2/h12H,3-11H2,1-2H3. The molecule has 3 amide bonds. The van der Waals surface area contributed by atoms with Gasteiger partial charge in [-0.25, -0.2) is 0 Å². The molecule has 0 bridgehead atoms. The number of methoxy groups -OCH3 is 1. The van der Waals surface area contributed by atoms with E-state index in [-0.39, 0.29) is 30.4 Å². The highest BCUT2D eigenvalue weighted by Gasteiger charge is 2.35. The van der Waals surface area contributed by atoms with Crippen molar-refractivity contribution in [2.75, 3.05) is 46.4 Å². The lowest BCUT2D eigenvalue weighted by molar-refractivity contribution is -0.147. The Morgan fingerprint density at radius 1 is 1.14 bits per heavy atom. The minimum atomic E-state index is -0.351. The molecule has 0 spiro atoms. The first-order chi connectivity index (χ1) is 10.6. The summed E-state index contributed by atoms with van der Waals surface area (Å²) < 4.78 is 4.85. The second-order valence-electron chi connectivity index (χ2n) is 5.75. The topological polar surface area (TPSA) is 70.2 Å². The molecule has 124 valence electrons. The van der Waals surface area contributed by atoms with Gasteiger partial charge in [0.25, 0.3) is 0 Å². The molecule has 2 rings (SSSR count). The van der Waals surface area contributed by atoms with E-state index >= 15 is 0 Å². The largest absolute Gasteiger partial charge is 0.375 e. The Kier molecular flexibility index (Phi) is 5.76. The van der Waals surface area contributed by atoms with Crippen LogP contribution >= 0.6 is 0 Å². The predicted octanol–water partition coefficient (Wildman–Crippen LogP) is -0.295. The van der Waals surface area contributed by atoms with E-state index in [4.69, 9.17) is 4.74 Å². The van der Waals surface area contributed by atoms with E-state index in [0.717, 1.165) is 6.42 Å². The van der Waals surface area contributed by atoms with Gasteiger partial charge in [0, 0.05) is 46.3 Å². The van der Waals surface area contributed by atoms with Crippen LogP contribution in [0.25, 0.3) is 0 Å². The minimum absolute atomic E-state index is 0.0107. The summed E-state index contributed by atoms with van der Waals surface area (Å²) >= 11 is 0. The lowest BCUT2D eigenvalue weighted by atomic mass is 10.1. The van der Waals surface area contributed by atoms with Gasteiger partial charge in [-0.05, 0) is 12.8 Å². The Bertz CT molecular complexity index is 433. The zero-order chi connectivity index (χ0) is 16.1. The van der Waals surface area contributed by atoms with Gasteiger partial charge in [-0.15, -0.1) is 0 Å². The van der Waals surface area contributed by atoms with Gasteiger partial charge in [0.2, 0.25) is 17.7 Å². The highest BCUT2D eigenvalue weighted by Crippen LogP contribution is 2.18. The first-order valence-corrected chi connectivity index (χ1v) is 7.93. The van der Waals surface area contributed by atoms with Gasteiger partial charge < -0.3 is 19.4 Å². The number of carbonyl (C=O) groups excluding carboxylic acids is 3. The van der Waals surface area contributed by atoms with Crippen molar-refractivity contribution in [1.82, 2.24) is 14.7 Å². The molecule has 7 nitrogen and oxygen atoms in total. The smallest absolute Gasteiger partial charge is 0.248 e. The van der Waals surface area contributed by atoms with E-state index in [0.29, 0.717) is 45.6 Å². The van der Waals surface area contributed by atoms with Crippen LogP contribution in [0, 0.1) is 0 Å². The van der Waals surface area contributed by atoms with Crippen LogP contribution in [0.15, 0.2) is 0 Å². The Labute approximate surface area is 131 Å². The molecule has 0 aromatic rings. The van der Waals surface area contributed by atoms with Gasteiger partial charge in [0.05, 0.1) is 0 Å². The molecule has 2 aliphatic heterocycles. The van der Waals surface area contributed by atoms with E-state index in [9.17, 15) is 14.4 Å². The van der Waals surface area contributed by atoms with Crippen molar-refractivity contribution in [3.8, 4) is 0 Å². The molecule has 22 heavy (non-hydrogen) atoms. The summed E-state index contributed by atoms with van der Waals surface area (Å²) in [5, 5.41) is 0.